The summed E-state index contributed by atoms with van der Waals surface area (Å²) in [5.74, 6) is 0.397. The molecule has 6 nitrogen and oxygen atoms in total. The molecule has 28 heavy (non-hydrogen) atoms. The second-order valence-corrected chi connectivity index (χ2v) is 8.82. The Morgan fingerprint density at radius 2 is 1.50 bits per heavy atom. The first-order valence-electron chi connectivity index (χ1n) is 11.3. The van der Waals surface area contributed by atoms with Crippen molar-refractivity contribution in [3.8, 4) is 0 Å². The van der Waals surface area contributed by atoms with Gasteiger partial charge in [-0.2, -0.15) is 0 Å². The Kier molecular flexibility index (Phi) is 9.84. The predicted octanol–water partition coefficient (Wildman–Crippen LogP) is 2.20. The molecule has 6 heteroatoms. The fourth-order valence-corrected chi connectivity index (χ4v) is 5.01. The van der Waals surface area contributed by atoms with E-state index in [4.69, 9.17) is 4.74 Å². The van der Waals surface area contributed by atoms with Crippen molar-refractivity contribution >= 4 is 5.78 Å². The van der Waals surface area contributed by atoms with E-state index in [-0.39, 0.29) is 5.78 Å². The topological polar surface area (TPSA) is 107 Å². The van der Waals surface area contributed by atoms with Crippen LogP contribution in [0, 0.1) is 17.8 Å². The summed E-state index contributed by atoms with van der Waals surface area (Å²) in [6, 6.07) is 0. The van der Waals surface area contributed by atoms with Crippen molar-refractivity contribution in [1.29, 1.82) is 0 Å². The molecule has 1 aliphatic heterocycles. The van der Waals surface area contributed by atoms with E-state index in [0.29, 0.717) is 24.7 Å². The maximum absolute atomic E-state index is 12.9. The summed E-state index contributed by atoms with van der Waals surface area (Å²) in [5, 5.41) is 40.0. The van der Waals surface area contributed by atoms with E-state index in [0.717, 1.165) is 38.5 Å². The molecule has 0 aromatic carbocycles. The molecular formula is C22H40O6. The molecule has 1 saturated heterocycles. The van der Waals surface area contributed by atoms with Crippen molar-refractivity contribution in [3.63, 3.8) is 0 Å². The lowest BCUT2D eigenvalue weighted by Gasteiger charge is -2.46. The zero-order valence-electron chi connectivity index (χ0n) is 17.5. The van der Waals surface area contributed by atoms with Crippen LogP contribution in [-0.4, -0.2) is 63.3 Å². The van der Waals surface area contributed by atoms with E-state index in [1.54, 1.807) is 0 Å². The summed E-state index contributed by atoms with van der Waals surface area (Å²) < 4.78 is 5.72. The van der Waals surface area contributed by atoms with Crippen LogP contribution in [-0.2, 0) is 9.53 Å². The number of hydrogen-bond donors (Lipinski definition) is 4. The van der Waals surface area contributed by atoms with Crippen LogP contribution >= 0.6 is 0 Å². The third-order valence-electron chi connectivity index (χ3n) is 6.78. The van der Waals surface area contributed by atoms with Gasteiger partial charge < -0.3 is 25.2 Å². The molecule has 2 aliphatic rings. The predicted molar refractivity (Wildman–Crippen MR) is 107 cm³/mol. The van der Waals surface area contributed by atoms with Gasteiger partial charge in [0.1, 0.15) is 30.2 Å². The molecule has 2 fully saturated rings. The number of hydrogen-bond acceptors (Lipinski definition) is 6. The third kappa shape index (κ3) is 5.76. The van der Waals surface area contributed by atoms with E-state index in [1.165, 1.54) is 12.8 Å². The minimum atomic E-state index is -1.41. The molecule has 0 radical (unpaired) electrons. The van der Waals surface area contributed by atoms with Crippen molar-refractivity contribution in [2.75, 3.05) is 6.61 Å². The molecule has 0 aromatic rings. The zero-order valence-corrected chi connectivity index (χ0v) is 17.5. The smallest absolute Gasteiger partial charge is 0.138 e. The van der Waals surface area contributed by atoms with E-state index >= 15 is 0 Å². The zero-order chi connectivity index (χ0) is 20.7. The largest absolute Gasteiger partial charge is 0.394 e. The number of aliphatic hydroxyl groups is 4. The summed E-state index contributed by atoms with van der Waals surface area (Å²) in [6.45, 7) is 3.90. The Bertz CT molecular complexity index is 468. The molecule has 8 unspecified atom stereocenters. The third-order valence-corrected chi connectivity index (χ3v) is 6.78. The van der Waals surface area contributed by atoms with Crippen molar-refractivity contribution in [2.24, 2.45) is 17.8 Å². The van der Waals surface area contributed by atoms with Gasteiger partial charge in [-0.1, -0.05) is 58.8 Å². The molecule has 0 bridgehead atoms. The maximum Gasteiger partial charge on any atom is 0.138 e. The van der Waals surface area contributed by atoms with Gasteiger partial charge in [0.25, 0.3) is 0 Å². The van der Waals surface area contributed by atoms with E-state index in [1.807, 2.05) is 0 Å². The Morgan fingerprint density at radius 1 is 0.893 bits per heavy atom. The van der Waals surface area contributed by atoms with E-state index in [9.17, 15) is 25.2 Å². The van der Waals surface area contributed by atoms with Crippen LogP contribution in [0.3, 0.4) is 0 Å². The van der Waals surface area contributed by atoms with Crippen LogP contribution in [0.1, 0.15) is 78.1 Å². The number of rotatable bonds is 10. The van der Waals surface area contributed by atoms with Crippen LogP contribution in [0.5, 0.6) is 0 Å². The highest BCUT2D eigenvalue weighted by atomic mass is 16.5. The average molecular weight is 401 g/mol. The van der Waals surface area contributed by atoms with Gasteiger partial charge in [-0.25, -0.2) is 0 Å². The first kappa shape index (κ1) is 23.7. The molecular weight excluding hydrogens is 360 g/mol. The minimum absolute atomic E-state index is 0.0811. The van der Waals surface area contributed by atoms with Crippen LogP contribution < -0.4 is 0 Å². The monoisotopic (exact) mass is 400 g/mol. The van der Waals surface area contributed by atoms with Crippen molar-refractivity contribution < 1.29 is 30.0 Å². The van der Waals surface area contributed by atoms with Gasteiger partial charge in [0.2, 0.25) is 0 Å². The lowest BCUT2D eigenvalue weighted by molar-refractivity contribution is -0.242. The van der Waals surface area contributed by atoms with Gasteiger partial charge in [-0.15, -0.1) is 0 Å². The molecule has 1 aliphatic carbocycles. The van der Waals surface area contributed by atoms with Gasteiger partial charge in [-0.3, -0.25) is 4.79 Å². The first-order valence-corrected chi connectivity index (χ1v) is 11.3. The first-order chi connectivity index (χ1) is 13.4. The SMILES string of the molecule is CCCCCC1CC(=O)C(C2OC(CO)C(O)C(O)C2O)CC1CCCCC. The number of carbonyl (C=O) groups is 1. The van der Waals surface area contributed by atoms with Crippen LogP contribution in [0.2, 0.25) is 0 Å². The molecule has 2 rings (SSSR count). The fraction of sp³-hybridized carbons (Fsp3) is 0.955. The lowest BCUT2D eigenvalue weighted by Crippen LogP contribution is -2.61. The Hall–Kier alpha value is -0.530. The van der Waals surface area contributed by atoms with Gasteiger partial charge in [0.15, 0.2) is 0 Å². The average Bonchev–Trinajstić information content (AvgIpc) is 2.68. The summed E-state index contributed by atoms with van der Waals surface area (Å²) in [6.07, 6.45) is 4.33. The highest BCUT2D eigenvalue weighted by molar-refractivity contribution is 5.82. The number of Topliss-reactive ketones (excluding diaryl/α,β-unsaturated/α-hetero) is 1. The number of unbranched alkanes of at least 4 members (excludes halogenated alkanes) is 4. The second-order valence-electron chi connectivity index (χ2n) is 8.82. The summed E-state index contributed by atoms with van der Waals surface area (Å²) in [4.78, 5) is 12.9. The standard InChI is InChI=1S/C22H40O6/c1-3-5-7-9-14-11-16(17(24)12-15(14)10-8-6-4-2)22-21(27)20(26)19(25)18(13-23)28-22/h14-16,18-23,25-27H,3-13H2,1-2H3. The second kappa shape index (κ2) is 11.6. The Balaban J connectivity index is 2.10. The van der Waals surface area contributed by atoms with Crippen molar-refractivity contribution in [1.82, 2.24) is 0 Å². The number of carbonyl (C=O) groups excluding carboxylic acids is 1. The highest BCUT2D eigenvalue weighted by Gasteiger charge is 2.50. The quantitative estimate of drug-likeness (QED) is 0.419. The minimum Gasteiger partial charge on any atom is -0.394 e. The number of aliphatic hydroxyl groups excluding tert-OH is 4. The van der Waals surface area contributed by atoms with Gasteiger partial charge >= 0.3 is 0 Å². The highest BCUT2D eigenvalue weighted by Crippen LogP contribution is 2.42. The van der Waals surface area contributed by atoms with Gasteiger partial charge in [0.05, 0.1) is 12.7 Å². The van der Waals surface area contributed by atoms with E-state index < -0.39 is 43.0 Å². The van der Waals surface area contributed by atoms with Gasteiger partial charge in [-0.05, 0) is 24.7 Å². The summed E-state index contributed by atoms with van der Waals surface area (Å²) >= 11 is 0. The van der Waals surface area contributed by atoms with Crippen molar-refractivity contribution in [2.45, 2.75) is 109 Å². The van der Waals surface area contributed by atoms with Crippen LogP contribution in [0.25, 0.3) is 0 Å². The summed E-state index contributed by atoms with van der Waals surface area (Å²) in [5.41, 5.74) is 0. The maximum atomic E-state index is 12.9. The molecule has 164 valence electrons. The molecule has 0 amide bonds. The van der Waals surface area contributed by atoms with Crippen LogP contribution in [0.4, 0.5) is 0 Å². The molecule has 0 aromatic heterocycles. The Labute approximate surface area is 169 Å². The molecule has 1 heterocycles. The Morgan fingerprint density at radius 3 is 2.07 bits per heavy atom. The molecule has 1 saturated carbocycles. The number of ketones is 1. The summed E-state index contributed by atoms with van der Waals surface area (Å²) in [7, 11) is 0. The number of ether oxygens (including phenoxy) is 1. The molecule has 8 atom stereocenters. The fourth-order valence-electron chi connectivity index (χ4n) is 5.01. The normalized spacial score (nSPS) is 39.3. The van der Waals surface area contributed by atoms with Gasteiger partial charge in [0, 0.05) is 12.3 Å². The van der Waals surface area contributed by atoms with Crippen molar-refractivity contribution in [3.05, 3.63) is 0 Å². The van der Waals surface area contributed by atoms with Crippen LogP contribution in [0.15, 0.2) is 0 Å². The lowest BCUT2D eigenvalue weighted by atomic mass is 9.67. The van der Waals surface area contributed by atoms with E-state index in [2.05, 4.69) is 13.8 Å². The molecule has 0 spiro atoms. The molecule has 4 N–H and O–H groups in total.